The Morgan fingerprint density at radius 1 is 0.836 bits per heavy atom. The van der Waals surface area contributed by atoms with Gasteiger partial charge in [-0.15, -0.1) is 0 Å². The van der Waals surface area contributed by atoms with E-state index in [-0.39, 0.29) is 5.41 Å². The highest BCUT2D eigenvalue weighted by Crippen LogP contribution is 2.57. The number of hydrogen-bond acceptors (Lipinski definition) is 1. The van der Waals surface area contributed by atoms with Gasteiger partial charge in [0.15, 0.2) is 0 Å². The highest BCUT2D eigenvalue weighted by Gasteiger charge is 2.45. The van der Waals surface area contributed by atoms with Crippen molar-refractivity contribution >= 4 is 33.9 Å². The van der Waals surface area contributed by atoms with E-state index in [1.807, 2.05) is 0 Å². The molecule has 0 spiro atoms. The summed E-state index contributed by atoms with van der Waals surface area (Å²) in [6.07, 6.45) is 40.1. The average molecular weight is 723 g/mol. The summed E-state index contributed by atoms with van der Waals surface area (Å²) >= 11 is 0. The van der Waals surface area contributed by atoms with Crippen LogP contribution in [0.15, 0.2) is 137 Å². The fourth-order valence-electron chi connectivity index (χ4n) is 11.6. The first-order valence-electron chi connectivity index (χ1n) is 21.6. The Kier molecular flexibility index (Phi) is 8.80. The summed E-state index contributed by atoms with van der Waals surface area (Å²) in [5.41, 5.74) is 18.0. The molecule has 3 aromatic rings. The topological polar surface area (TPSA) is 8.17 Å². The van der Waals surface area contributed by atoms with Crippen LogP contribution in [-0.4, -0.2) is 10.6 Å². The van der Waals surface area contributed by atoms with Gasteiger partial charge in [0, 0.05) is 51.1 Å². The normalized spacial score (nSPS) is 28.1. The van der Waals surface area contributed by atoms with E-state index >= 15 is 0 Å². The smallest absolute Gasteiger partial charge is 0.0534 e. The van der Waals surface area contributed by atoms with E-state index in [1.54, 1.807) is 22.3 Å². The van der Waals surface area contributed by atoms with Gasteiger partial charge in [0.05, 0.1) is 5.52 Å². The number of benzene rings is 2. The van der Waals surface area contributed by atoms with Crippen LogP contribution >= 0.6 is 0 Å². The standard InChI is InChI=1S/C53H58N2/c1-35-22-29-49-47(30-35)44-28-27-43(33-50(44)53(49,3)4)54(42-19-13-16-39(32-42)37-14-7-5-8-15-37)41-25-23-38(24-26-41)46-34-48-45-20-11-12-21-51(45)55(52(48)31-36(46)2)40-17-9-6-10-18-40/h5,7,11-14,16-17,20-27,29,33-36,39,42,44H,6,8-10,15,18-19,28,30-32H2,1-4H3. The lowest BCUT2D eigenvalue weighted by Gasteiger charge is -2.40. The molecule has 7 aliphatic carbocycles. The van der Waals surface area contributed by atoms with Crippen molar-refractivity contribution < 1.29 is 0 Å². The highest BCUT2D eigenvalue weighted by molar-refractivity contribution is 6.00. The lowest BCUT2D eigenvalue weighted by molar-refractivity contribution is 0.491. The third-order valence-corrected chi connectivity index (χ3v) is 14.4. The molecular formula is C53H58N2. The highest BCUT2D eigenvalue weighted by atomic mass is 15.2. The van der Waals surface area contributed by atoms with Crippen LogP contribution in [0.4, 0.5) is 5.69 Å². The van der Waals surface area contributed by atoms with Crippen molar-refractivity contribution in [1.29, 1.82) is 0 Å². The van der Waals surface area contributed by atoms with Crippen LogP contribution in [0.25, 0.3) is 28.2 Å². The van der Waals surface area contributed by atoms with E-state index in [2.05, 4.69) is 153 Å². The van der Waals surface area contributed by atoms with Gasteiger partial charge in [-0.25, -0.2) is 0 Å². The van der Waals surface area contributed by atoms with Crippen LogP contribution < -0.4 is 4.90 Å². The van der Waals surface area contributed by atoms with Crippen molar-refractivity contribution in [2.24, 2.45) is 29.1 Å². The molecule has 1 heterocycles. The molecule has 0 saturated carbocycles. The molecule has 0 radical (unpaired) electrons. The van der Waals surface area contributed by atoms with E-state index in [1.165, 1.54) is 95.3 Å². The zero-order valence-electron chi connectivity index (χ0n) is 33.5. The van der Waals surface area contributed by atoms with Crippen LogP contribution in [0.3, 0.4) is 0 Å². The molecule has 7 aliphatic rings. The lowest BCUT2D eigenvalue weighted by atomic mass is 9.76. The molecule has 0 aliphatic heterocycles. The van der Waals surface area contributed by atoms with Gasteiger partial charge >= 0.3 is 0 Å². The number of rotatable bonds is 6. The number of fused-ring (bicyclic) bond motifs is 5. The zero-order valence-corrected chi connectivity index (χ0v) is 33.5. The van der Waals surface area contributed by atoms with Gasteiger partial charge < -0.3 is 9.47 Å². The Bertz CT molecular complexity index is 2320. The molecule has 0 N–H and O–H groups in total. The molecule has 55 heavy (non-hydrogen) atoms. The second kappa shape index (κ2) is 13.9. The molecule has 1 aromatic heterocycles. The Morgan fingerprint density at radius 2 is 1.71 bits per heavy atom. The van der Waals surface area contributed by atoms with Crippen molar-refractivity contribution in [1.82, 2.24) is 4.57 Å². The van der Waals surface area contributed by atoms with Gasteiger partial charge in [0.2, 0.25) is 0 Å². The minimum absolute atomic E-state index is 0.0685. The average Bonchev–Trinajstić information content (AvgIpc) is 3.65. The third kappa shape index (κ3) is 5.98. The fraction of sp³-hybridized carbons (Fsp3) is 0.396. The maximum atomic E-state index is 2.75. The number of allylic oxidation sites excluding steroid dienone is 15. The van der Waals surface area contributed by atoms with Crippen molar-refractivity contribution in [3.05, 3.63) is 154 Å². The second-order valence-electron chi connectivity index (χ2n) is 18.3. The summed E-state index contributed by atoms with van der Waals surface area (Å²) in [5, 5.41) is 1.39. The Balaban J connectivity index is 1.02. The van der Waals surface area contributed by atoms with Crippen molar-refractivity contribution in [3.8, 4) is 0 Å². The predicted octanol–water partition coefficient (Wildman–Crippen LogP) is 14.0. The van der Waals surface area contributed by atoms with Crippen LogP contribution in [0.1, 0.15) is 109 Å². The van der Waals surface area contributed by atoms with Crippen LogP contribution in [0.5, 0.6) is 0 Å². The van der Waals surface area contributed by atoms with Gasteiger partial charge in [-0.2, -0.15) is 0 Å². The number of anilines is 1. The van der Waals surface area contributed by atoms with Crippen molar-refractivity contribution in [2.45, 2.75) is 104 Å². The van der Waals surface area contributed by atoms with E-state index in [9.17, 15) is 0 Å². The van der Waals surface area contributed by atoms with Gasteiger partial charge in [-0.1, -0.05) is 129 Å². The molecule has 0 saturated heterocycles. The van der Waals surface area contributed by atoms with Gasteiger partial charge in [0.25, 0.3) is 0 Å². The van der Waals surface area contributed by atoms with E-state index in [0.717, 1.165) is 25.7 Å². The molecule has 5 atom stereocenters. The monoisotopic (exact) mass is 722 g/mol. The molecule has 0 bridgehead atoms. The van der Waals surface area contributed by atoms with Crippen LogP contribution in [-0.2, 0) is 6.42 Å². The predicted molar refractivity (Wildman–Crippen MR) is 234 cm³/mol. The summed E-state index contributed by atoms with van der Waals surface area (Å²) in [6.45, 7) is 9.78. The summed E-state index contributed by atoms with van der Waals surface area (Å²) in [5.74, 6) is 2.14. The Morgan fingerprint density at radius 3 is 2.53 bits per heavy atom. The Labute approximate surface area is 329 Å². The van der Waals surface area contributed by atoms with Crippen molar-refractivity contribution in [2.75, 3.05) is 4.90 Å². The first-order valence-corrected chi connectivity index (χ1v) is 21.6. The molecule has 2 aromatic carbocycles. The molecule has 5 unspecified atom stereocenters. The fourth-order valence-corrected chi connectivity index (χ4v) is 11.6. The molecule has 280 valence electrons. The number of para-hydroxylation sites is 1. The van der Waals surface area contributed by atoms with E-state index < -0.39 is 0 Å². The first kappa shape index (κ1) is 34.9. The molecule has 10 rings (SSSR count). The minimum atomic E-state index is 0.0685. The number of nitrogens with zero attached hydrogens (tertiary/aromatic N) is 2. The van der Waals surface area contributed by atoms with E-state index in [4.69, 9.17) is 0 Å². The SMILES string of the molecule is CC1C=CC2=C(C1)C1CC=C(N(c3ccc(C4=Cc5c(n(C6=CCCCC6)c6ccccc56)CC4C)cc3)C3CC=CC(C4=CC=CCC4)C3)C=C1C2(C)C. The minimum Gasteiger partial charge on any atom is -0.338 e. The van der Waals surface area contributed by atoms with Gasteiger partial charge in [0.1, 0.15) is 0 Å². The van der Waals surface area contributed by atoms with E-state index in [0.29, 0.717) is 29.7 Å². The van der Waals surface area contributed by atoms with Crippen LogP contribution in [0, 0.1) is 29.1 Å². The molecule has 2 nitrogen and oxygen atoms in total. The maximum absolute atomic E-state index is 2.75. The molecule has 2 heteroatoms. The van der Waals surface area contributed by atoms with Crippen molar-refractivity contribution in [3.63, 3.8) is 0 Å². The van der Waals surface area contributed by atoms with Crippen LogP contribution in [0.2, 0.25) is 0 Å². The quantitative estimate of drug-likeness (QED) is 0.230. The summed E-state index contributed by atoms with van der Waals surface area (Å²) in [4.78, 5) is 2.75. The molecule has 0 fully saturated rings. The first-order chi connectivity index (χ1) is 26.8. The molecular weight excluding hydrogens is 665 g/mol. The molecule has 0 amide bonds. The summed E-state index contributed by atoms with van der Waals surface area (Å²) in [6, 6.07) is 19.3. The lowest BCUT2D eigenvalue weighted by Crippen LogP contribution is -2.38. The number of hydrogen-bond donors (Lipinski definition) is 0. The third-order valence-electron chi connectivity index (χ3n) is 14.4. The van der Waals surface area contributed by atoms with Gasteiger partial charge in [-0.05, 0) is 135 Å². The second-order valence-corrected chi connectivity index (χ2v) is 18.3. The summed E-state index contributed by atoms with van der Waals surface area (Å²) in [7, 11) is 0. The Hall–Kier alpha value is -4.56. The zero-order chi connectivity index (χ0) is 37.3. The maximum Gasteiger partial charge on any atom is 0.0534 e. The summed E-state index contributed by atoms with van der Waals surface area (Å²) < 4.78 is 2.63. The number of aromatic nitrogens is 1. The van der Waals surface area contributed by atoms with Gasteiger partial charge in [-0.3, -0.25) is 0 Å². The largest absolute Gasteiger partial charge is 0.338 e.